The van der Waals surface area contributed by atoms with Gasteiger partial charge in [-0.1, -0.05) is 35.9 Å². The van der Waals surface area contributed by atoms with E-state index in [1.165, 1.54) is 0 Å². The Morgan fingerprint density at radius 1 is 1.00 bits per heavy atom. The highest BCUT2D eigenvalue weighted by molar-refractivity contribution is 6.08. The Bertz CT molecular complexity index is 329. The van der Waals surface area contributed by atoms with E-state index < -0.39 is 0 Å². The molecule has 0 fully saturated rings. The summed E-state index contributed by atoms with van der Waals surface area (Å²) in [5.41, 5.74) is 2.68. The normalized spacial score (nSPS) is 9.46. The predicted octanol–water partition coefficient (Wildman–Crippen LogP) is 3.23. The van der Waals surface area contributed by atoms with Crippen molar-refractivity contribution in [2.24, 2.45) is 0 Å². The number of benzene rings is 1. The van der Waals surface area contributed by atoms with Gasteiger partial charge in [-0.3, -0.25) is 4.79 Å². The fraction of sp³-hybridized carbons (Fsp3) is 0.250. The zero-order valence-corrected chi connectivity index (χ0v) is 8.29. The molecule has 1 rings (SSSR count). The summed E-state index contributed by atoms with van der Waals surface area (Å²) in [6.45, 7) is 5.77. The first-order valence-corrected chi connectivity index (χ1v) is 4.36. The third-order valence-corrected chi connectivity index (χ3v) is 2.13. The zero-order valence-electron chi connectivity index (χ0n) is 8.29. The van der Waals surface area contributed by atoms with E-state index in [0.717, 1.165) is 16.7 Å². The molecule has 0 aliphatic rings. The molecule has 0 heterocycles. The molecule has 13 heavy (non-hydrogen) atoms. The fourth-order valence-electron chi connectivity index (χ4n) is 1.03. The van der Waals surface area contributed by atoms with E-state index in [2.05, 4.69) is 0 Å². The average Bonchev–Trinajstić information content (AvgIpc) is 2.17. The minimum atomic E-state index is 0.126. The summed E-state index contributed by atoms with van der Waals surface area (Å²) in [5, 5.41) is 0. The molecule has 0 aliphatic heterocycles. The van der Waals surface area contributed by atoms with Gasteiger partial charge in [-0.2, -0.15) is 0 Å². The number of carbonyl (C=O) groups excluding carboxylic acids is 1. The van der Waals surface area contributed by atoms with Crippen LogP contribution in [0.3, 0.4) is 0 Å². The second-order valence-electron chi connectivity index (χ2n) is 3.32. The molecule has 0 amide bonds. The summed E-state index contributed by atoms with van der Waals surface area (Å²) in [6.07, 6.45) is 0. The summed E-state index contributed by atoms with van der Waals surface area (Å²) in [6, 6.07) is 9.36. The van der Waals surface area contributed by atoms with Crippen molar-refractivity contribution in [1.29, 1.82) is 0 Å². The van der Waals surface area contributed by atoms with Crippen LogP contribution in [0.4, 0.5) is 0 Å². The molecular formula is C12H14O. The Labute approximate surface area is 79.1 Å². The maximum Gasteiger partial charge on any atom is 0.188 e. The predicted molar refractivity (Wildman–Crippen MR) is 54.8 cm³/mol. The van der Waals surface area contributed by atoms with Crippen LogP contribution in [0, 0.1) is 0 Å². The van der Waals surface area contributed by atoms with E-state index in [9.17, 15) is 4.79 Å². The quantitative estimate of drug-likeness (QED) is 0.497. The smallest absolute Gasteiger partial charge is 0.188 e. The first kappa shape index (κ1) is 9.72. The molecule has 1 aromatic carbocycles. The van der Waals surface area contributed by atoms with Crippen molar-refractivity contribution in [1.82, 2.24) is 0 Å². The first-order valence-electron chi connectivity index (χ1n) is 4.36. The lowest BCUT2D eigenvalue weighted by atomic mass is 10.0. The zero-order chi connectivity index (χ0) is 9.84. The van der Waals surface area contributed by atoms with Gasteiger partial charge in [0.25, 0.3) is 0 Å². The number of allylic oxidation sites excluding steroid dienone is 2. The molecule has 0 saturated heterocycles. The molecule has 68 valence electrons. The van der Waals surface area contributed by atoms with Crippen LogP contribution < -0.4 is 0 Å². The highest BCUT2D eigenvalue weighted by Crippen LogP contribution is 2.10. The van der Waals surface area contributed by atoms with Crippen molar-refractivity contribution < 1.29 is 4.79 Å². The highest BCUT2D eigenvalue weighted by atomic mass is 16.1. The van der Waals surface area contributed by atoms with Gasteiger partial charge in [-0.15, -0.1) is 0 Å². The lowest BCUT2D eigenvalue weighted by molar-refractivity contribution is 0.103. The Hall–Kier alpha value is -1.37. The summed E-state index contributed by atoms with van der Waals surface area (Å²) >= 11 is 0. The number of rotatable bonds is 2. The summed E-state index contributed by atoms with van der Waals surface area (Å²) < 4.78 is 0. The SMILES string of the molecule is CC(C)=C(C)C(=O)c1ccccc1. The molecule has 1 aromatic rings. The Kier molecular flexibility index (Phi) is 3.02. The third-order valence-electron chi connectivity index (χ3n) is 2.13. The van der Waals surface area contributed by atoms with Crippen LogP contribution in [0.25, 0.3) is 0 Å². The van der Waals surface area contributed by atoms with Crippen LogP contribution in [0.15, 0.2) is 41.5 Å². The van der Waals surface area contributed by atoms with Crippen molar-refractivity contribution >= 4 is 5.78 Å². The molecule has 0 bridgehead atoms. The topological polar surface area (TPSA) is 17.1 Å². The van der Waals surface area contributed by atoms with Crippen LogP contribution in [0.5, 0.6) is 0 Å². The molecule has 0 unspecified atom stereocenters. The van der Waals surface area contributed by atoms with E-state index in [4.69, 9.17) is 0 Å². The second kappa shape index (κ2) is 4.04. The summed E-state index contributed by atoms with van der Waals surface area (Å²) in [4.78, 5) is 11.7. The Morgan fingerprint density at radius 2 is 1.54 bits per heavy atom. The Balaban J connectivity index is 3.00. The monoisotopic (exact) mass is 174 g/mol. The van der Waals surface area contributed by atoms with E-state index in [1.54, 1.807) is 0 Å². The van der Waals surface area contributed by atoms with Gasteiger partial charge in [-0.25, -0.2) is 0 Å². The molecule has 0 atom stereocenters. The van der Waals surface area contributed by atoms with Gasteiger partial charge >= 0.3 is 0 Å². The number of carbonyl (C=O) groups is 1. The van der Waals surface area contributed by atoms with Crippen molar-refractivity contribution in [3.63, 3.8) is 0 Å². The van der Waals surface area contributed by atoms with Crippen molar-refractivity contribution in [2.75, 3.05) is 0 Å². The van der Waals surface area contributed by atoms with Gasteiger partial charge in [0.1, 0.15) is 0 Å². The van der Waals surface area contributed by atoms with Gasteiger partial charge in [0.05, 0.1) is 0 Å². The molecule has 0 N–H and O–H groups in total. The van der Waals surface area contributed by atoms with Crippen LogP contribution >= 0.6 is 0 Å². The number of Topliss-reactive ketones (excluding diaryl/α,β-unsaturated/α-hetero) is 1. The van der Waals surface area contributed by atoms with Gasteiger partial charge in [0.2, 0.25) is 0 Å². The number of ketones is 1. The Morgan fingerprint density at radius 3 is 2.00 bits per heavy atom. The number of hydrogen-bond acceptors (Lipinski definition) is 1. The molecule has 1 heteroatoms. The van der Waals surface area contributed by atoms with Crippen molar-refractivity contribution in [3.05, 3.63) is 47.0 Å². The maximum atomic E-state index is 11.7. The van der Waals surface area contributed by atoms with Gasteiger partial charge < -0.3 is 0 Å². The summed E-state index contributed by atoms with van der Waals surface area (Å²) in [5.74, 6) is 0.126. The van der Waals surface area contributed by atoms with Crippen molar-refractivity contribution in [3.8, 4) is 0 Å². The molecule has 0 aliphatic carbocycles. The lowest BCUT2D eigenvalue weighted by Gasteiger charge is -2.02. The van der Waals surface area contributed by atoms with Crippen LogP contribution in [0.2, 0.25) is 0 Å². The third kappa shape index (κ3) is 2.28. The highest BCUT2D eigenvalue weighted by Gasteiger charge is 2.07. The molecule has 0 aromatic heterocycles. The average molecular weight is 174 g/mol. The van der Waals surface area contributed by atoms with Crippen molar-refractivity contribution in [2.45, 2.75) is 20.8 Å². The molecule has 0 saturated carbocycles. The van der Waals surface area contributed by atoms with E-state index in [-0.39, 0.29) is 5.78 Å². The fourth-order valence-corrected chi connectivity index (χ4v) is 1.03. The van der Waals surface area contributed by atoms with Gasteiger partial charge in [0.15, 0.2) is 5.78 Å². The largest absolute Gasteiger partial charge is 0.289 e. The minimum Gasteiger partial charge on any atom is -0.289 e. The molecule has 0 spiro atoms. The number of hydrogen-bond donors (Lipinski definition) is 0. The molecule has 0 radical (unpaired) electrons. The molecule has 1 nitrogen and oxygen atoms in total. The second-order valence-corrected chi connectivity index (χ2v) is 3.32. The maximum absolute atomic E-state index is 11.7. The van der Waals surface area contributed by atoms with E-state index in [1.807, 2.05) is 51.1 Å². The van der Waals surface area contributed by atoms with E-state index >= 15 is 0 Å². The van der Waals surface area contributed by atoms with E-state index in [0.29, 0.717) is 0 Å². The lowest BCUT2D eigenvalue weighted by Crippen LogP contribution is -2.01. The first-order chi connectivity index (χ1) is 6.13. The van der Waals surface area contributed by atoms with Crippen LogP contribution in [-0.2, 0) is 0 Å². The van der Waals surface area contributed by atoms with Gasteiger partial charge in [0, 0.05) is 5.56 Å². The van der Waals surface area contributed by atoms with Crippen LogP contribution in [0.1, 0.15) is 31.1 Å². The standard InChI is InChI=1S/C12H14O/c1-9(2)10(3)12(13)11-7-5-4-6-8-11/h4-8H,1-3H3. The summed E-state index contributed by atoms with van der Waals surface area (Å²) in [7, 11) is 0. The minimum absolute atomic E-state index is 0.126. The van der Waals surface area contributed by atoms with Gasteiger partial charge in [-0.05, 0) is 26.3 Å². The molecular weight excluding hydrogens is 160 g/mol. The van der Waals surface area contributed by atoms with Crippen LogP contribution in [-0.4, -0.2) is 5.78 Å².